The van der Waals surface area contributed by atoms with E-state index in [4.69, 9.17) is 5.11 Å². The van der Waals surface area contributed by atoms with Gasteiger partial charge in [-0.2, -0.15) is 5.10 Å². The average Bonchev–Trinajstić information content (AvgIpc) is 2.85. The van der Waals surface area contributed by atoms with Crippen molar-refractivity contribution in [3.05, 3.63) is 48.4 Å². The van der Waals surface area contributed by atoms with Crippen molar-refractivity contribution >= 4 is 16.9 Å². The Balaban J connectivity index is 2.22. The predicted octanol–water partition coefficient (Wildman–Crippen LogP) is 2.32. The molecule has 0 bridgehead atoms. The van der Waals surface area contributed by atoms with E-state index in [1.165, 1.54) is 6.20 Å². The number of aromatic nitrogens is 3. The smallest absolute Gasteiger partial charge is 0.337 e. The number of carboxylic acid groups (broad SMARTS) is 1. The fourth-order valence-electron chi connectivity index (χ4n) is 1.93. The van der Waals surface area contributed by atoms with Crippen molar-refractivity contribution in [3.63, 3.8) is 0 Å². The van der Waals surface area contributed by atoms with E-state index in [0.29, 0.717) is 5.56 Å². The van der Waals surface area contributed by atoms with Crippen molar-refractivity contribution in [2.45, 2.75) is 0 Å². The first-order chi connectivity index (χ1) is 8.75. The second kappa shape index (κ2) is 3.96. The van der Waals surface area contributed by atoms with Crippen LogP contribution in [0, 0.1) is 0 Å². The van der Waals surface area contributed by atoms with Gasteiger partial charge in [-0.05, 0) is 29.3 Å². The molecule has 0 aliphatic heterocycles. The minimum absolute atomic E-state index is 0.195. The Morgan fingerprint density at radius 1 is 1.22 bits per heavy atom. The van der Waals surface area contributed by atoms with Gasteiger partial charge in [-0.3, -0.25) is 10.1 Å². The third kappa shape index (κ3) is 1.62. The number of rotatable bonds is 2. The number of nitrogens with zero attached hydrogens (tertiary/aromatic N) is 2. The van der Waals surface area contributed by atoms with Crippen molar-refractivity contribution in [1.29, 1.82) is 0 Å². The van der Waals surface area contributed by atoms with Gasteiger partial charge < -0.3 is 5.11 Å². The molecule has 0 atom stereocenters. The van der Waals surface area contributed by atoms with Crippen molar-refractivity contribution in [3.8, 4) is 11.1 Å². The average molecular weight is 239 g/mol. The molecule has 2 heterocycles. The molecule has 88 valence electrons. The molecule has 0 aliphatic carbocycles. The van der Waals surface area contributed by atoms with Crippen LogP contribution in [0.5, 0.6) is 0 Å². The largest absolute Gasteiger partial charge is 0.478 e. The zero-order valence-corrected chi connectivity index (χ0v) is 9.29. The number of fused-ring (bicyclic) bond motifs is 1. The van der Waals surface area contributed by atoms with Crippen LogP contribution in [-0.4, -0.2) is 26.3 Å². The second-order valence-electron chi connectivity index (χ2n) is 3.90. The maximum absolute atomic E-state index is 11.2. The third-order valence-corrected chi connectivity index (χ3v) is 2.80. The van der Waals surface area contributed by atoms with Crippen LogP contribution in [0.15, 0.2) is 42.9 Å². The molecule has 0 radical (unpaired) electrons. The van der Waals surface area contributed by atoms with Gasteiger partial charge in [-0.15, -0.1) is 0 Å². The third-order valence-electron chi connectivity index (χ3n) is 2.80. The molecule has 0 saturated heterocycles. The lowest BCUT2D eigenvalue weighted by Gasteiger charge is -2.05. The number of hydrogen-bond acceptors (Lipinski definition) is 3. The Morgan fingerprint density at radius 3 is 2.94 bits per heavy atom. The molecule has 3 rings (SSSR count). The summed E-state index contributed by atoms with van der Waals surface area (Å²) in [5.41, 5.74) is 2.61. The monoisotopic (exact) mass is 239 g/mol. The molecule has 0 saturated carbocycles. The first kappa shape index (κ1) is 10.5. The number of hydrogen-bond donors (Lipinski definition) is 2. The number of benzene rings is 1. The minimum atomic E-state index is -0.981. The first-order valence-electron chi connectivity index (χ1n) is 5.36. The highest BCUT2D eigenvalue weighted by molar-refractivity contribution is 5.97. The molecule has 18 heavy (non-hydrogen) atoms. The van der Waals surface area contributed by atoms with Crippen LogP contribution in [0.1, 0.15) is 10.4 Å². The summed E-state index contributed by atoms with van der Waals surface area (Å²) in [5, 5.41) is 16.9. The molecular formula is C13H9N3O2. The van der Waals surface area contributed by atoms with E-state index < -0.39 is 5.97 Å². The van der Waals surface area contributed by atoms with Crippen LogP contribution in [0.25, 0.3) is 22.0 Å². The van der Waals surface area contributed by atoms with Crippen LogP contribution < -0.4 is 0 Å². The number of nitrogens with one attached hydrogen (secondary N) is 1. The van der Waals surface area contributed by atoms with E-state index in [0.717, 1.165) is 16.5 Å². The number of aromatic amines is 1. The standard InChI is InChI=1S/C13H9N3O2/c17-13(18)11-7-14-4-3-10(11)8-1-2-12-9(5-8)6-15-16-12/h1-7H,(H,15,16)(H,17,18). The fraction of sp³-hybridized carbons (Fsp3) is 0. The normalized spacial score (nSPS) is 10.7. The van der Waals surface area contributed by atoms with Gasteiger partial charge in [0.2, 0.25) is 0 Å². The summed E-state index contributed by atoms with van der Waals surface area (Å²) in [4.78, 5) is 15.0. The van der Waals surface area contributed by atoms with Gasteiger partial charge in [0, 0.05) is 17.8 Å². The van der Waals surface area contributed by atoms with Crippen LogP contribution in [0.2, 0.25) is 0 Å². The summed E-state index contributed by atoms with van der Waals surface area (Å²) in [7, 11) is 0. The number of aromatic carboxylic acids is 1. The van der Waals surface area contributed by atoms with Gasteiger partial charge in [-0.1, -0.05) is 6.07 Å². The Hall–Kier alpha value is -2.69. The van der Waals surface area contributed by atoms with E-state index >= 15 is 0 Å². The zero-order chi connectivity index (χ0) is 12.5. The molecule has 0 unspecified atom stereocenters. The van der Waals surface area contributed by atoms with Gasteiger partial charge in [0.05, 0.1) is 17.3 Å². The summed E-state index contributed by atoms with van der Waals surface area (Å²) < 4.78 is 0. The predicted molar refractivity (Wildman–Crippen MR) is 66.3 cm³/mol. The van der Waals surface area contributed by atoms with Gasteiger partial charge in [-0.25, -0.2) is 4.79 Å². The molecule has 5 heteroatoms. The maximum Gasteiger partial charge on any atom is 0.337 e. The molecule has 0 spiro atoms. The molecule has 2 N–H and O–H groups in total. The summed E-state index contributed by atoms with van der Waals surface area (Å²) in [5.74, 6) is -0.981. The van der Waals surface area contributed by atoms with Crippen molar-refractivity contribution in [1.82, 2.24) is 15.2 Å². The number of carbonyl (C=O) groups is 1. The zero-order valence-electron chi connectivity index (χ0n) is 9.29. The van der Waals surface area contributed by atoms with Crippen LogP contribution >= 0.6 is 0 Å². The second-order valence-corrected chi connectivity index (χ2v) is 3.90. The lowest BCUT2D eigenvalue weighted by atomic mass is 10.0. The van der Waals surface area contributed by atoms with Crippen LogP contribution in [0.4, 0.5) is 0 Å². The van der Waals surface area contributed by atoms with Crippen LogP contribution in [0.3, 0.4) is 0 Å². The van der Waals surface area contributed by atoms with Gasteiger partial charge >= 0.3 is 5.97 Å². The molecule has 5 nitrogen and oxygen atoms in total. The topological polar surface area (TPSA) is 78.9 Å². The molecule has 0 amide bonds. The number of pyridine rings is 1. The lowest BCUT2D eigenvalue weighted by molar-refractivity contribution is 0.0697. The highest BCUT2D eigenvalue weighted by Crippen LogP contribution is 2.25. The highest BCUT2D eigenvalue weighted by Gasteiger charge is 2.11. The Morgan fingerprint density at radius 2 is 2.11 bits per heavy atom. The van der Waals surface area contributed by atoms with Gasteiger partial charge in [0.1, 0.15) is 0 Å². The minimum Gasteiger partial charge on any atom is -0.478 e. The Labute approximate surface area is 102 Å². The lowest BCUT2D eigenvalue weighted by Crippen LogP contribution is -2.00. The first-order valence-corrected chi connectivity index (χ1v) is 5.36. The number of H-pyrrole nitrogens is 1. The van der Waals surface area contributed by atoms with Crippen LogP contribution in [-0.2, 0) is 0 Å². The fourth-order valence-corrected chi connectivity index (χ4v) is 1.93. The van der Waals surface area contributed by atoms with Gasteiger partial charge in [0.15, 0.2) is 0 Å². The summed E-state index contributed by atoms with van der Waals surface area (Å²) in [6.45, 7) is 0. The van der Waals surface area contributed by atoms with E-state index in [2.05, 4.69) is 15.2 Å². The summed E-state index contributed by atoms with van der Waals surface area (Å²) >= 11 is 0. The van der Waals surface area contributed by atoms with Gasteiger partial charge in [0.25, 0.3) is 0 Å². The summed E-state index contributed by atoms with van der Waals surface area (Å²) in [6.07, 6.45) is 4.65. The van der Waals surface area contributed by atoms with Crippen molar-refractivity contribution in [2.24, 2.45) is 0 Å². The molecule has 2 aromatic heterocycles. The molecular weight excluding hydrogens is 230 g/mol. The molecule has 1 aromatic carbocycles. The number of carboxylic acids is 1. The molecule has 0 aliphatic rings. The van der Waals surface area contributed by atoms with E-state index in [1.54, 1.807) is 18.5 Å². The molecule has 0 fully saturated rings. The van der Waals surface area contributed by atoms with E-state index in [-0.39, 0.29) is 5.56 Å². The van der Waals surface area contributed by atoms with Crippen molar-refractivity contribution in [2.75, 3.05) is 0 Å². The molecule has 3 aromatic rings. The highest BCUT2D eigenvalue weighted by atomic mass is 16.4. The SMILES string of the molecule is O=C(O)c1cnccc1-c1ccc2[nH]ncc2c1. The Bertz CT molecular complexity index is 734. The summed E-state index contributed by atoms with van der Waals surface area (Å²) in [6, 6.07) is 7.34. The Kier molecular flexibility index (Phi) is 2.30. The van der Waals surface area contributed by atoms with Crippen molar-refractivity contribution < 1.29 is 9.90 Å². The van der Waals surface area contributed by atoms with E-state index in [9.17, 15) is 4.79 Å². The maximum atomic E-state index is 11.2. The quantitative estimate of drug-likeness (QED) is 0.719. The van der Waals surface area contributed by atoms with E-state index in [1.807, 2.05) is 18.2 Å².